The number of carboxylic acids is 1. The Morgan fingerprint density at radius 2 is 2.00 bits per heavy atom. The number of benzene rings is 1. The highest BCUT2D eigenvalue weighted by Gasteiger charge is 2.22. The number of carboxylic acid groups (broad SMARTS) is 1. The van der Waals surface area contributed by atoms with Crippen molar-refractivity contribution in [3.8, 4) is 0 Å². The standard InChI is InChI=1S/C15H15N3O3/c19-13(20)9-18-6-5-16-14(15(18)21)17-12-7-10-3-1-2-4-11(10)8-12/h1-6,12H,7-9H2,(H,16,17)(H,19,20). The number of aromatic nitrogens is 2. The molecular formula is C15H15N3O3. The molecule has 3 rings (SSSR count). The van der Waals surface area contributed by atoms with Gasteiger partial charge in [-0.3, -0.25) is 14.2 Å². The van der Waals surface area contributed by atoms with Gasteiger partial charge in [-0.1, -0.05) is 24.3 Å². The smallest absolute Gasteiger partial charge is 0.323 e. The first-order chi connectivity index (χ1) is 10.1. The Labute approximate surface area is 121 Å². The molecule has 0 saturated carbocycles. The number of hydrogen-bond donors (Lipinski definition) is 2. The fourth-order valence-corrected chi connectivity index (χ4v) is 2.67. The van der Waals surface area contributed by atoms with E-state index in [1.54, 1.807) is 0 Å². The monoisotopic (exact) mass is 285 g/mol. The molecule has 0 atom stereocenters. The Bertz CT molecular complexity index is 714. The topological polar surface area (TPSA) is 84.2 Å². The van der Waals surface area contributed by atoms with Gasteiger partial charge in [-0.2, -0.15) is 0 Å². The van der Waals surface area contributed by atoms with Crippen molar-refractivity contribution in [2.75, 3.05) is 5.32 Å². The maximum atomic E-state index is 12.1. The summed E-state index contributed by atoms with van der Waals surface area (Å²) in [5.41, 5.74) is 2.14. The number of aliphatic carboxylic acids is 1. The van der Waals surface area contributed by atoms with E-state index in [2.05, 4.69) is 22.4 Å². The minimum Gasteiger partial charge on any atom is -0.480 e. The highest BCUT2D eigenvalue weighted by atomic mass is 16.4. The van der Waals surface area contributed by atoms with E-state index >= 15 is 0 Å². The second kappa shape index (κ2) is 5.40. The first-order valence-corrected chi connectivity index (χ1v) is 6.74. The number of fused-ring (bicyclic) bond motifs is 1. The maximum Gasteiger partial charge on any atom is 0.323 e. The summed E-state index contributed by atoms with van der Waals surface area (Å²) in [5.74, 6) is -0.848. The summed E-state index contributed by atoms with van der Waals surface area (Å²) in [6, 6.07) is 8.28. The second-order valence-corrected chi connectivity index (χ2v) is 5.12. The normalized spacial score (nSPS) is 13.9. The van der Waals surface area contributed by atoms with Crippen LogP contribution >= 0.6 is 0 Å². The number of carbonyl (C=O) groups is 1. The second-order valence-electron chi connectivity index (χ2n) is 5.12. The van der Waals surface area contributed by atoms with Gasteiger partial charge >= 0.3 is 5.97 Å². The van der Waals surface area contributed by atoms with E-state index in [1.807, 2.05) is 12.1 Å². The lowest BCUT2D eigenvalue weighted by Gasteiger charge is -2.13. The van der Waals surface area contributed by atoms with Crippen LogP contribution in [-0.2, 0) is 24.2 Å². The van der Waals surface area contributed by atoms with Gasteiger partial charge in [0.05, 0.1) is 0 Å². The van der Waals surface area contributed by atoms with Crippen LogP contribution in [0.25, 0.3) is 0 Å². The molecule has 0 bridgehead atoms. The zero-order valence-corrected chi connectivity index (χ0v) is 11.3. The summed E-state index contributed by atoms with van der Waals surface area (Å²) in [6.07, 6.45) is 4.50. The molecule has 0 aliphatic heterocycles. The Hall–Kier alpha value is -2.63. The summed E-state index contributed by atoms with van der Waals surface area (Å²) in [5, 5.41) is 11.9. The fraction of sp³-hybridized carbons (Fsp3) is 0.267. The molecule has 0 fully saturated rings. The molecule has 1 aromatic carbocycles. The van der Waals surface area contributed by atoms with E-state index in [0.29, 0.717) is 0 Å². The highest BCUT2D eigenvalue weighted by Crippen LogP contribution is 2.23. The molecule has 6 nitrogen and oxygen atoms in total. The van der Waals surface area contributed by atoms with Crippen LogP contribution in [0, 0.1) is 0 Å². The van der Waals surface area contributed by atoms with E-state index in [0.717, 1.165) is 17.4 Å². The van der Waals surface area contributed by atoms with Gasteiger partial charge in [0.1, 0.15) is 6.54 Å². The predicted octanol–water partition coefficient (Wildman–Crippen LogP) is 0.907. The van der Waals surface area contributed by atoms with Crippen molar-refractivity contribution in [1.29, 1.82) is 0 Å². The molecule has 1 aromatic heterocycles. The Kier molecular flexibility index (Phi) is 3.43. The first kappa shape index (κ1) is 13.4. The van der Waals surface area contributed by atoms with Gasteiger partial charge < -0.3 is 10.4 Å². The molecule has 1 aliphatic rings. The number of rotatable bonds is 4. The molecule has 6 heteroatoms. The molecule has 0 saturated heterocycles. The van der Waals surface area contributed by atoms with Crippen molar-refractivity contribution in [2.24, 2.45) is 0 Å². The Morgan fingerprint density at radius 1 is 1.33 bits per heavy atom. The van der Waals surface area contributed by atoms with Gasteiger partial charge in [0.2, 0.25) is 0 Å². The molecule has 0 spiro atoms. The number of anilines is 1. The van der Waals surface area contributed by atoms with Gasteiger partial charge in [-0.05, 0) is 24.0 Å². The molecule has 1 heterocycles. The molecule has 2 N–H and O–H groups in total. The molecule has 0 radical (unpaired) electrons. The number of hydrogen-bond acceptors (Lipinski definition) is 4. The average molecular weight is 285 g/mol. The lowest BCUT2D eigenvalue weighted by atomic mass is 10.1. The van der Waals surface area contributed by atoms with Crippen LogP contribution in [0.1, 0.15) is 11.1 Å². The van der Waals surface area contributed by atoms with E-state index in [-0.39, 0.29) is 18.4 Å². The third kappa shape index (κ3) is 2.79. The van der Waals surface area contributed by atoms with E-state index in [4.69, 9.17) is 5.11 Å². The van der Waals surface area contributed by atoms with Crippen LogP contribution in [0.4, 0.5) is 5.82 Å². The van der Waals surface area contributed by atoms with Crippen LogP contribution in [0.5, 0.6) is 0 Å². The summed E-state index contributed by atoms with van der Waals surface area (Å²) in [4.78, 5) is 26.9. The van der Waals surface area contributed by atoms with Crippen LogP contribution in [0.2, 0.25) is 0 Å². The van der Waals surface area contributed by atoms with Gasteiger partial charge in [0.15, 0.2) is 5.82 Å². The van der Waals surface area contributed by atoms with Crippen molar-refractivity contribution < 1.29 is 9.90 Å². The summed E-state index contributed by atoms with van der Waals surface area (Å²) in [6.45, 7) is -0.360. The quantitative estimate of drug-likeness (QED) is 0.872. The summed E-state index contributed by atoms with van der Waals surface area (Å²) < 4.78 is 1.14. The third-order valence-corrected chi connectivity index (χ3v) is 3.61. The van der Waals surface area contributed by atoms with E-state index in [1.165, 1.54) is 23.5 Å². The Balaban J connectivity index is 1.78. The summed E-state index contributed by atoms with van der Waals surface area (Å²) in [7, 11) is 0. The maximum absolute atomic E-state index is 12.1. The van der Waals surface area contributed by atoms with Crippen LogP contribution < -0.4 is 10.9 Å². The zero-order chi connectivity index (χ0) is 14.8. The largest absolute Gasteiger partial charge is 0.480 e. The molecule has 21 heavy (non-hydrogen) atoms. The van der Waals surface area contributed by atoms with Crippen molar-refractivity contribution in [3.05, 3.63) is 58.1 Å². The zero-order valence-electron chi connectivity index (χ0n) is 11.3. The molecular weight excluding hydrogens is 270 g/mol. The first-order valence-electron chi connectivity index (χ1n) is 6.74. The molecule has 0 unspecified atom stereocenters. The molecule has 108 valence electrons. The van der Waals surface area contributed by atoms with Crippen LogP contribution in [0.15, 0.2) is 41.5 Å². The van der Waals surface area contributed by atoms with Gasteiger partial charge in [0, 0.05) is 18.4 Å². The van der Waals surface area contributed by atoms with Gasteiger partial charge in [-0.25, -0.2) is 4.98 Å². The highest BCUT2D eigenvalue weighted by molar-refractivity contribution is 5.66. The predicted molar refractivity (Wildman–Crippen MR) is 77.4 cm³/mol. The SMILES string of the molecule is O=C(O)Cn1ccnc(NC2Cc3ccccc3C2)c1=O. The Morgan fingerprint density at radius 3 is 2.62 bits per heavy atom. The number of nitrogens with one attached hydrogen (secondary N) is 1. The molecule has 2 aromatic rings. The van der Waals surface area contributed by atoms with Crippen molar-refractivity contribution in [2.45, 2.75) is 25.4 Å². The minimum absolute atomic E-state index is 0.114. The van der Waals surface area contributed by atoms with Crippen LogP contribution in [-0.4, -0.2) is 26.7 Å². The minimum atomic E-state index is -1.05. The lowest BCUT2D eigenvalue weighted by Crippen LogP contribution is -2.31. The van der Waals surface area contributed by atoms with Gasteiger partial charge in [-0.15, -0.1) is 0 Å². The van der Waals surface area contributed by atoms with E-state index in [9.17, 15) is 9.59 Å². The van der Waals surface area contributed by atoms with Crippen molar-refractivity contribution in [1.82, 2.24) is 9.55 Å². The van der Waals surface area contributed by atoms with Crippen LogP contribution in [0.3, 0.4) is 0 Å². The fourth-order valence-electron chi connectivity index (χ4n) is 2.67. The summed E-state index contributed by atoms with van der Waals surface area (Å²) >= 11 is 0. The number of nitrogens with zero attached hydrogens (tertiary/aromatic N) is 2. The molecule has 0 amide bonds. The van der Waals surface area contributed by atoms with Crippen molar-refractivity contribution in [3.63, 3.8) is 0 Å². The molecule has 1 aliphatic carbocycles. The third-order valence-electron chi connectivity index (χ3n) is 3.61. The van der Waals surface area contributed by atoms with Crippen molar-refractivity contribution >= 4 is 11.8 Å². The average Bonchev–Trinajstić information content (AvgIpc) is 2.85. The van der Waals surface area contributed by atoms with Gasteiger partial charge in [0.25, 0.3) is 5.56 Å². The lowest BCUT2D eigenvalue weighted by molar-refractivity contribution is -0.137. The van der Waals surface area contributed by atoms with E-state index < -0.39 is 11.5 Å².